The van der Waals surface area contributed by atoms with Crippen molar-refractivity contribution in [3.8, 4) is 0 Å². The van der Waals surface area contributed by atoms with Gasteiger partial charge in [-0.15, -0.1) is 0 Å². The maximum Gasteiger partial charge on any atom is 0.323 e. The van der Waals surface area contributed by atoms with Crippen LogP contribution in [0.2, 0.25) is 0 Å². The van der Waals surface area contributed by atoms with Crippen molar-refractivity contribution in [1.29, 1.82) is 0 Å². The third-order valence-corrected chi connectivity index (χ3v) is 5.00. The van der Waals surface area contributed by atoms with E-state index in [9.17, 15) is 14.0 Å². The van der Waals surface area contributed by atoms with Crippen molar-refractivity contribution in [3.63, 3.8) is 0 Å². The van der Waals surface area contributed by atoms with Crippen LogP contribution in [0.25, 0.3) is 6.08 Å². The topological polar surface area (TPSA) is 74.3 Å². The summed E-state index contributed by atoms with van der Waals surface area (Å²) in [7, 11) is 0. The first-order valence-electron chi connectivity index (χ1n) is 9.90. The van der Waals surface area contributed by atoms with Crippen molar-refractivity contribution in [2.45, 2.75) is 13.0 Å². The third kappa shape index (κ3) is 5.14. The van der Waals surface area contributed by atoms with Crippen LogP contribution in [0.3, 0.4) is 0 Å². The largest absolute Gasteiger partial charge is 0.334 e. The van der Waals surface area contributed by atoms with Crippen molar-refractivity contribution in [3.05, 3.63) is 95.6 Å². The molecular formula is C24H21FN4O2. The van der Waals surface area contributed by atoms with E-state index in [2.05, 4.69) is 15.6 Å². The van der Waals surface area contributed by atoms with Gasteiger partial charge in [0.25, 0.3) is 0 Å². The lowest BCUT2D eigenvalue weighted by atomic mass is 9.97. The molecule has 0 fully saturated rings. The fourth-order valence-electron chi connectivity index (χ4n) is 3.51. The molecule has 156 valence electrons. The van der Waals surface area contributed by atoms with Gasteiger partial charge in [0.2, 0.25) is 5.91 Å². The zero-order valence-electron chi connectivity index (χ0n) is 16.7. The van der Waals surface area contributed by atoms with Crippen LogP contribution < -0.4 is 10.6 Å². The fourth-order valence-corrected chi connectivity index (χ4v) is 3.51. The normalized spacial score (nSPS) is 13.0. The third-order valence-electron chi connectivity index (χ3n) is 5.00. The molecule has 0 saturated carbocycles. The van der Waals surface area contributed by atoms with Crippen LogP contribution in [-0.4, -0.2) is 28.4 Å². The van der Waals surface area contributed by atoms with Crippen LogP contribution in [0.5, 0.6) is 0 Å². The van der Waals surface area contributed by atoms with E-state index in [-0.39, 0.29) is 11.9 Å². The Morgan fingerprint density at radius 3 is 2.68 bits per heavy atom. The Balaban J connectivity index is 1.41. The number of fused-ring (bicyclic) bond motifs is 1. The Labute approximate surface area is 179 Å². The van der Waals surface area contributed by atoms with Crippen molar-refractivity contribution in [2.24, 2.45) is 0 Å². The van der Waals surface area contributed by atoms with E-state index in [1.807, 2.05) is 48.5 Å². The predicted molar refractivity (Wildman–Crippen MR) is 118 cm³/mol. The van der Waals surface area contributed by atoms with Crippen molar-refractivity contribution < 1.29 is 14.0 Å². The summed E-state index contributed by atoms with van der Waals surface area (Å²) < 4.78 is 13.2. The Hall–Kier alpha value is -4.00. The van der Waals surface area contributed by atoms with Crippen LogP contribution in [-0.2, 0) is 17.8 Å². The molecule has 0 radical (unpaired) electrons. The van der Waals surface area contributed by atoms with Crippen LogP contribution in [0, 0.1) is 5.82 Å². The number of carbonyl (C=O) groups excluding carboxylic acids is 2. The fraction of sp³-hybridized carbons (Fsp3) is 0.125. The van der Waals surface area contributed by atoms with Gasteiger partial charge in [0.1, 0.15) is 5.82 Å². The summed E-state index contributed by atoms with van der Waals surface area (Å²) in [6.45, 7) is 0.965. The number of halogens is 1. The van der Waals surface area contributed by atoms with E-state index in [0.29, 0.717) is 30.8 Å². The number of nitrogens with zero attached hydrogens (tertiary/aromatic N) is 2. The Bertz CT molecular complexity index is 1130. The van der Waals surface area contributed by atoms with Gasteiger partial charge in [0, 0.05) is 36.7 Å². The van der Waals surface area contributed by atoms with Gasteiger partial charge in [0.15, 0.2) is 0 Å². The van der Waals surface area contributed by atoms with Crippen molar-refractivity contribution in [1.82, 2.24) is 9.88 Å². The minimum Gasteiger partial charge on any atom is -0.334 e. The molecule has 0 unspecified atom stereocenters. The smallest absolute Gasteiger partial charge is 0.323 e. The Morgan fingerprint density at radius 2 is 1.87 bits per heavy atom. The SMILES string of the molecule is O=C(Nc1ccccc1)Nc1cccc2c1CCN(C(=O)/C=C/c1cncc(F)c1)C2. The molecule has 2 aromatic carbocycles. The van der Waals surface area contributed by atoms with Crippen LogP contribution in [0.15, 0.2) is 73.1 Å². The van der Waals surface area contributed by atoms with Crippen LogP contribution in [0.4, 0.5) is 20.6 Å². The number of nitrogens with one attached hydrogen (secondary N) is 2. The molecule has 0 aliphatic carbocycles. The first-order chi connectivity index (χ1) is 15.1. The number of anilines is 2. The molecule has 6 nitrogen and oxygen atoms in total. The molecule has 7 heteroatoms. The van der Waals surface area contributed by atoms with Crippen LogP contribution >= 0.6 is 0 Å². The lowest BCUT2D eigenvalue weighted by molar-refractivity contribution is -0.126. The summed E-state index contributed by atoms with van der Waals surface area (Å²) in [6.07, 6.45) is 6.22. The molecule has 31 heavy (non-hydrogen) atoms. The zero-order valence-corrected chi connectivity index (χ0v) is 16.7. The molecule has 0 bridgehead atoms. The molecular weight excluding hydrogens is 395 g/mol. The Kier molecular flexibility index (Phi) is 6.03. The average Bonchev–Trinajstić information content (AvgIpc) is 2.78. The molecule has 3 amide bonds. The minimum absolute atomic E-state index is 0.157. The molecule has 1 aliphatic rings. The molecule has 1 aliphatic heterocycles. The van der Waals surface area contributed by atoms with Gasteiger partial charge in [-0.3, -0.25) is 9.78 Å². The quantitative estimate of drug-likeness (QED) is 0.617. The molecule has 0 atom stereocenters. The zero-order chi connectivity index (χ0) is 21.6. The molecule has 2 heterocycles. The Morgan fingerprint density at radius 1 is 1.03 bits per heavy atom. The van der Waals surface area contributed by atoms with Crippen molar-refractivity contribution >= 4 is 29.4 Å². The molecule has 0 saturated heterocycles. The molecule has 4 rings (SSSR count). The average molecular weight is 416 g/mol. The number of pyridine rings is 1. The molecule has 0 spiro atoms. The van der Waals surface area contributed by atoms with E-state index in [1.54, 1.807) is 11.0 Å². The first-order valence-corrected chi connectivity index (χ1v) is 9.90. The molecule has 3 aromatic rings. The lowest BCUT2D eigenvalue weighted by Crippen LogP contribution is -2.35. The second-order valence-corrected chi connectivity index (χ2v) is 7.17. The highest BCUT2D eigenvalue weighted by Gasteiger charge is 2.21. The highest BCUT2D eigenvalue weighted by Crippen LogP contribution is 2.26. The number of hydrogen-bond acceptors (Lipinski definition) is 3. The summed E-state index contributed by atoms with van der Waals surface area (Å²) >= 11 is 0. The van der Waals surface area contributed by atoms with Gasteiger partial charge in [-0.1, -0.05) is 30.3 Å². The van der Waals surface area contributed by atoms with E-state index >= 15 is 0 Å². The van der Waals surface area contributed by atoms with E-state index in [0.717, 1.165) is 23.0 Å². The van der Waals surface area contributed by atoms with Gasteiger partial charge < -0.3 is 15.5 Å². The summed E-state index contributed by atoms with van der Waals surface area (Å²) in [6, 6.07) is 15.9. The van der Waals surface area contributed by atoms with Gasteiger partial charge in [0.05, 0.1) is 6.20 Å². The van der Waals surface area contributed by atoms with Gasteiger partial charge in [-0.2, -0.15) is 0 Å². The number of urea groups is 1. The van der Waals surface area contributed by atoms with Crippen LogP contribution in [0.1, 0.15) is 16.7 Å². The van der Waals surface area contributed by atoms with Gasteiger partial charge >= 0.3 is 6.03 Å². The number of aromatic nitrogens is 1. The summed E-state index contributed by atoms with van der Waals surface area (Å²) in [5.41, 5.74) is 3.98. The summed E-state index contributed by atoms with van der Waals surface area (Å²) in [5.74, 6) is -0.604. The highest BCUT2D eigenvalue weighted by molar-refractivity contribution is 6.00. The monoisotopic (exact) mass is 416 g/mol. The maximum absolute atomic E-state index is 13.2. The number of amides is 3. The second-order valence-electron chi connectivity index (χ2n) is 7.17. The van der Waals surface area contributed by atoms with Gasteiger partial charge in [-0.05, 0) is 53.5 Å². The second kappa shape index (κ2) is 9.21. The number of carbonyl (C=O) groups is 2. The van der Waals surface area contributed by atoms with E-state index < -0.39 is 5.82 Å². The van der Waals surface area contributed by atoms with Gasteiger partial charge in [-0.25, -0.2) is 9.18 Å². The van der Waals surface area contributed by atoms with Crippen molar-refractivity contribution in [2.75, 3.05) is 17.2 Å². The number of benzene rings is 2. The molecule has 1 aromatic heterocycles. The lowest BCUT2D eigenvalue weighted by Gasteiger charge is -2.29. The number of hydrogen-bond donors (Lipinski definition) is 2. The highest BCUT2D eigenvalue weighted by atomic mass is 19.1. The standard InChI is InChI=1S/C24H21FN4O2/c25-19-13-17(14-26-15-19)9-10-23(30)29-12-11-21-18(16-29)5-4-8-22(21)28-24(31)27-20-6-2-1-3-7-20/h1-10,13-15H,11-12,16H2,(H2,27,28,31)/b10-9+. The number of para-hydroxylation sites is 1. The minimum atomic E-state index is -0.446. The molecule has 2 N–H and O–H groups in total. The predicted octanol–water partition coefficient (Wildman–Crippen LogP) is 4.46. The summed E-state index contributed by atoms with van der Waals surface area (Å²) in [5, 5.41) is 5.71. The first kappa shape index (κ1) is 20.3. The van der Waals surface area contributed by atoms with E-state index in [4.69, 9.17) is 0 Å². The van der Waals surface area contributed by atoms with E-state index in [1.165, 1.54) is 18.3 Å². The number of rotatable bonds is 4. The summed E-state index contributed by atoms with van der Waals surface area (Å²) in [4.78, 5) is 30.4. The maximum atomic E-state index is 13.2.